The summed E-state index contributed by atoms with van der Waals surface area (Å²) >= 11 is 1.60. The van der Waals surface area contributed by atoms with Gasteiger partial charge in [0.25, 0.3) is 5.91 Å². The van der Waals surface area contributed by atoms with E-state index in [0.29, 0.717) is 26.3 Å². The van der Waals surface area contributed by atoms with E-state index < -0.39 is 17.6 Å². The Morgan fingerprint density at radius 1 is 1.03 bits per heavy atom. The van der Waals surface area contributed by atoms with Gasteiger partial charge in [-0.1, -0.05) is 0 Å². The van der Waals surface area contributed by atoms with Crippen LogP contribution in [0.15, 0.2) is 47.8 Å². The summed E-state index contributed by atoms with van der Waals surface area (Å²) in [6.45, 7) is 1.93. The van der Waals surface area contributed by atoms with Crippen LogP contribution in [0.1, 0.15) is 39.7 Å². The van der Waals surface area contributed by atoms with Crippen molar-refractivity contribution in [3.8, 4) is 22.8 Å². The van der Waals surface area contributed by atoms with Gasteiger partial charge in [0, 0.05) is 35.5 Å². The minimum atomic E-state index is -4.47. The summed E-state index contributed by atoms with van der Waals surface area (Å²) in [7, 11) is 0. The van der Waals surface area contributed by atoms with Crippen molar-refractivity contribution >= 4 is 23.2 Å². The number of thiazole rings is 1. The molecule has 1 aromatic heterocycles. The van der Waals surface area contributed by atoms with Gasteiger partial charge in [0.15, 0.2) is 11.5 Å². The van der Waals surface area contributed by atoms with Gasteiger partial charge in [-0.25, -0.2) is 4.98 Å². The monoisotopic (exact) mass is 531 g/mol. The molecule has 3 heterocycles. The number of ether oxygens (including phenoxy) is 2. The molecule has 0 saturated carbocycles. The van der Waals surface area contributed by atoms with E-state index in [1.165, 1.54) is 0 Å². The second kappa shape index (κ2) is 10.4. The highest BCUT2D eigenvalue weighted by molar-refractivity contribution is 7.10. The first kappa shape index (κ1) is 25.1. The zero-order valence-corrected chi connectivity index (χ0v) is 20.5. The van der Waals surface area contributed by atoms with Crippen LogP contribution in [0.25, 0.3) is 11.3 Å². The van der Waals surface area contributed by atoms with E-state index in [2.05, 4.69) is 5.32 Å². The summed E-state index contributed by atoms with van der Waals surface area (Å²) in [5.74, 6) is 0.872. The molecule has 0 bridgehead atoms. The lowest BCUT2D eigenvalue weighted by atomic mass is 9.97. The van der Waals surface area contributed by atoms with Gasteiger partial charge in [0.1, 0.15) is 13.2 Å². The smallest absolute Gasteiger partial charge is 0.416 e. The first-order valence-electron chi connectivity index (χ1n) is 11.9. The molecular weight excluding hydrogens is 507 g/mol. The van der Waals surface area contributed by atoms with Crippen molar-refractivity contribution in [1.82, 2.24) is 15.2 Å². The molecule has 0 atom stereocenters. The SMILES string of the molecule is O=C(NCC(=O)N1CCC(c2nc(-c3ccc4c(c3)OCCO4)cs2)CC1)c1ccc(C(F)(F)F)cc1. The summed E-state index contributed by atoms with van der Waals surface area (Å²) in [4.78, 5) is 31.4. The van der Waals surface area contributed by atoms with Gasteiger partial charge in [-0.2, -0.15) is 13.2 Å². The minimum absolute atomic E-state index is 0.0668. The highest BCUT2D eigenvalue weighted by Gasteiger charge is 2.30. The number of nitrogens with one attached hydrogen (secondary N) is 1. The number of carbonyl (C=O) groups excluding carboxylic acids is 2. The molecule has 0 aliphatic carbocycles. The van der Waals surface area contributed by atoms with E-state index >= 15 is 0 Å². The van der Waals surface area contributed by atoms with Crippen molar-refractivity contribution in [2.45, 2.75) is 24.9 Å². The number of benzene rings is 2. The lowest BCUT2D eigenvalue weighted by molar-refractivity contribution is -0.137. The molecule has 1 N–H and O–H groups in total. The molecule has 0 unspecified atom stereocenters. The maximum absolute atomic E-state index is 12.7. The van der Waals surface area contributed by atoms with Gasteiger partial charge in [0.05, 0.1) is 22.8 Å². The maximum Gasteiger partial charge on any atom is 0.416 e. The summed E-state index contributed by atoms with van der Waals surface area (Å²) < 4.78 is 49.3. The number of piperidine rings is 1. The fourth-order valence-electron chi connectivity index (χ4n) is 4.37. The molecule has 2 aliphatic rings. The summed E-state index contributed by atoms with van der Waals surface area (Å²) in [5.41, 5.74) is 1.07. The molecule has 2 amide bonds. The lowest BCUT2D eigenvalue weighted by Gasteiger charge is -2.31. The average Bonchev–Trinajstić information content (AvgIpc) is 3.41. The first-order valence-corrected chi connectivity index (χ1v) is 12.7. The predicted molar refractivity (Wildman–Crippen MR) is 131 cm³/mol. The van der Waals surface area contributed by atoms with E-state index in [1.54, 1.807) is 16.2 Å². The van der Waals surface area contributed by atoms with Crippen LogP contribution in [0.4, 0.5) is 13.2 Å². The van der Waals surface area contributed by atoms with Crippen LogP contribution >= 0.6 is 11.3 Å². The van der Waals surface area contributed by atoms with Crippen molar-refractivity contribution in [2.24, 2.45) is 0 Å². The van der Waals surface area contributed by atoms with Crippen molar-refractivity contribution < 1.29 is 32.2 Å². The Labute approximate surface area is 215 Å². The molecule has 2 aliphatic heterocycles. The molecule has 7 nitrogen and oxygen atoms in total. The topological polar surface area (TPSA) is 80.8 Å². The van der Waals surface area contributed by atoms with Crippen LogP contribution in [0, 0.1) is 0 Å². The number of aromatic nitrogens is 1. The quantitative estimate of drug-likeness (QED) is 0.515. The molecular formula is C26H24F3N3O4S. The standard InChI is InChI=1S/C26H24F3N3O4S/c27-26(28,29)19-4-1-16(2-5-19)24(34)30-14-23(33)32-9-7-17(8-10-32)25-31-20(15-37-25)18-3-6-21-22(13-18)36-12-11-35-21/h1-6,13,15,17H,7-12,14H2,(H,30,34). The van der Waals surface area contributed by atoms with E-state index in [0.717, 1.165) is 64.9 Å². The fraction of sp³-hybridized carbons (Fsp3) is 0.346. The molecule has 0 radical (unpaired) electrons. The Hall–Kier alpha value is -3.60. The van der Waals surface area contributed by atoms with E-state index in [9.17, 15) is 22.8 Å². The number of rotatable bonds is 5. The molecule has 5 rings (SSSR count). The van der Waals surface area contributed by atoms with Crippen molar-refractivity contribution in [3.05, 3.63) is 64.0 Å². The van der Waals surface area contributed by atoms with E-state index in [-0.39, 0.29) is 23.9 Å². The normalized spacial score (nSPS) is 15.9. The summed E-state index contributed by atoms with van der Waals surface area (Å²) in [6.07, 6.45) is -2.96. The van der Waals surface area contributed by atoms with E-state index in [4.69, 9.17) is 14.5 Å². The number of carbonyl (C=O) groups is 2. The van der Waals surface area contributed by atoms with Gasteiger partial charge < -0.3 is 19.7 Å². The average molecular weight is 532 g/mol. The second-order valence-corrected chi connectivity index (χ2v) is 9.73. The van der Waals surface area contributed by atoms with Gasteiger partial charge in [-0.15, -0.1) is 11.3 Å². The van der Waals surface area contributed by atoms with Crippen LogP contribution < -0.4 is 14.8 Å². The number of nitrogens with zero attached hydrogens (tertiary/aromatic N) is 2. The Kier molecular flexibility index (Phi) is 7.05. The van der Waals surface area contributed by atoms with Crippen LogP contribution in [0.3, 0.4) is 0 Å². The van der Waals surface area contributed by atoms with Gasteiger partial charge in [-0.3, -0.25) is 9.59 Å². The van der Waals surface area contributed by atoms with Crippen LogP contribution in [0.5, 0.6) is 11.5 Å². The van der Waals surface area contributed by atoms with Crippen molar-refractivity contribution in [3.63, 3.8) is 0 Å². The highest BCUT2D eigenvalue weighted by Crippen LogP contribution is 2.37. The molecule has 37 heavy (non-hydrogen) atoms. The van der Waals surface area contributed by atoms with Crippen LogP contribution in [0.2, 0.25) is 0 Å². The molecule has 194 valence electrons. The van der Waals surface area contributed by atoms with Crippen molar-refractivity contribution in [2.75, 3.05) is 32.8 Å². The Bertz CT molecular complexity index is 1280. The Balaban J connectivity index is 1.11. The zero-order valence-electron chi connectivity index (χ0n) is 19.7. The largest absolute Gasteiger partial charge is 0.486 e. The molecule has 0 spiro atoms. The number of hydrogen-bond acceptors (Lipinski definition) is 6. The van der Waals surface area contributed by atoms with E-state index in [1.807, 2.05) is 23.6 Å². The minimum Gasteiger partial charge on any atom is -0.486 e. The molecule has 1 fully saturated rings. The number of fused-ring (bicyclic) bond motifs is 1. The summed E-state index contributed by atoms with van der Waals surface area (Å²) in [6, 6.07) is 9.69. The predicted octanol–water partition coefficient (Wildman–Crippen LogP) is 4.74. The number of likely N-dealkylation sites (tertiary alicyclic amines) is 1. The first-order chi connectivity index (χ1) is 17.8. The Morgan fingerprint density at radius 3 is 2.43 bits per heavy atom. The summed E-state index contributed by atoms with van der Waals surface area (Å²) in [5, 5.41) is 5.54. The second-order valence-electron chi connectivity index (χ2n) is 8.84. The number of halogens is 3. The van der Waals surface area contributed by atoms with Crippen LogP contribution in [-0.4, -0.2) is 54.5 Å². The third-order valence-corrected chi connectivity index (χ3v) is 7.44. The lowest BCUT2D eigenvalue weighted by Crippen LogP contribution is -2.43. The van der Waals surface area contributed by atoms with Crippen LogP contribution in [-0.2, 0) is 11.0 Å². The number of hydrogen-bond donors (Lipinski definition) is 1. The van der Waals surface area contributed by atoms with Gasteiger partial charge >= 0.3 is 6.18 Å². The zero-order chi connectivity index (χ0) is 26.0. The Morgan fingerprint density at radius 2 is 1.73 bits per heavy atom. The molecule has 2 aromatic carbocycles. The molecule has 11 heteroatoms. The third kappa shape index (κ3) is 5.71. The maximum atomic E-state index is 12.7. The fourth-order valence-corrected chi connectivity index (χ4v) is 5.37. The highest BCUT2D eigenvalue weighted by atomic mass is 32.1. The number of alkyl halides is 3. The number of amides is 2. The van der Waals surface area contributed by atoms with Gasteiger partial charge in [-0.05, 0) is 55.3 Å². The van der Waals surface area contributed by atoms with Crippen molar-refractivity contribution in [1.29, 1.82) is 0 Å². The molecule has 3 aromatic rings. The third-order valence-electron chi connectivity index (χ3n) is 6.43. The molecule has 1 saturated heterocycles. The van der Waals surface area contributed by atoms with Gasteiger partial charge in [0.2, 0.25) is 5.91 Å².